The van der Waals surface area contributed by atoms with Gasteiger partial charge < -0.3 is 20.5 Å². The number of hydrogen-bond donors (Lipinski definition) is 2. The summed E-state index contributed by atoms with van der Waals surface area (Å²) in [4.78, 5) is 22.7. The molecule has 0 aromatic rings. The lowest BCUT2D eigenvalue weighted by Crippen LogP contribution is -2.46. The molecule has 16 heavy (non-hydrogen) atoms. The molecule has 0 heterocycles. The molecule has 0 bridgehead atoms. The largest absolute Gasteiger partial charge is 0.467 e. The molecule has 94 valence electrons. The zero-order chi connectivity index (χ0) is 12.6. The highest BCUT2D eigenvalue weighted by molar-refractivity contribution is 5.85. The second kappa shape index (κ2) is 8.06. The standard InChI is InChI=1S/C10H20N2O4/c1-7(2)9(10(14)15-3)12-8(13)6-16-5-4-11/h7,9H,4-6,11H2,1-3H3,(H,12,13)/t9-/m0/s1. The molecule has 0 saturated carbocycles. The van der Waals surface area contributed by atoms with Crippen LogP contribution in [0.25, 0.3) is 0 Å². The van der Waals surface area contributed by atoms with Gasteiger partial charge in [0.15, 0.2) is 0 Å². The molecular weight excluding hydrogens is 212 g/mol. The van der Waals surface area contributed by atoms with E-state index in [0.717, 1.165) is 0 Å². The monoisotopic (exact) mass is 232 g/mol. The van der Waals surface area contributed by atoms with Crippen molar-refractivity contribution >= 4 is 11.9 Å². The Hall–Kier alpha value is -1.14. The van der Waals surface area contributed by atoms with E-state index in [2.05, 4.69) is 10.1 Å². The summed E-state index contributed by atoms with van der Waals surface area (Å²) in [6.07, 6.45) is 0. The van der Waals surface area contributed by atoms with Crippen LogP contribution in [0, 0.1) is 5.92 Å². The Balaban J connectivity index is 4.09. The molecule has 1 atom stereocenters. The maximum absolute atomic E-state index is 11.4. The van der Waals surface area contributed by atoms with Gasteiger partial charge in [-0.2, -0.15) is 0 Å². The lowest BCUT2D eigenvalue weighted by atomic mass is 10.0. The van der Waals surface area contributed by atoms with E-state index in [4.69, 9.17) is 10.5 Å². The molecule has 0 aliphatic carbocycles. The van der Waals surface area contributed by atoms with Crippen LogP contribution in [-0.2, 0) is 19.1 Å². The van der Waals surface area contributed by atoms with Gasteiger partial charge in [0.25, 0.3) is 0 Å². The number of amides is 1. The summed E-state index contributed by atoms with van der Waals surface area (Å²) in [5.41, 5.74) is 5.20. The lowest BCUT2D eigenvalue weighted by molar-refractivity contribution is -0.147. The van der Waals surface area contributed by atoms with Crippen LogP contribution in [0.5, 0.6) is 0 Å². The van der Waals surface area contributed by atoms with Crippen molar-refractivity contribution in [3.8, 4) is 0 Å². The number of nitrogens with one attached hydrogen (secondary N) is 1. The topological polar surface area (TPSA) is 90.6 Å². The van der Waals surface area contributed by atoms with Gasteiger partial charge in [0.1, 0.15) is 12.6 Å². The number of nitrogens with two attached hydrogens (primary N) is 1. The fourth-order valence-electron chi connectivity index (χ4n) is 1.09. The number of methoxy groups -OCH3 is 1. The van der Waals surface area contributed by atoms with E-state index in [-0.39, 0.29) is 18.4 Å². The highest BCUT2D eigenvalue weighted by Crippen LogP contribution is 2.03. The first-order valence-corrected chi connectivity index (χ1v) is 5.18. The van der Waals surface area contributed by atoms with E-state index in [1.54, 1.807) is 0 Å². The maximum atomic E-state index is 11.4. The molecule has 0 aromatic carbocycles. The maximum Gasteiger partial charge on any atom is 0.328 e. The van der Waals surface area contributed by atoms with Crippen LogP contribution in [0.1, 0.15) is 13.8 Å². The molecule has 0 aliphatic rings. The number of hydrogen-bond acceptors (Lipinski definition) is 5. The van der Waals surface area contributed by atoms with Gasteiger partial charge >= 0.3 is 5.97 Å². The van der Waals surface area contributed by atoms with Crippen LogP contribution in [-0.4, -0.2) is 44.8 Å². The van der Waals surface area contributed by atoms with E-state index >= 15 is 0 Å². The van der Waals surface area contributed by atoms with Crippen LogP contribution >= 0.6 is 0 Å². The minimum absolute atomic E-state index is 0.0362. The Labute approximate surface area is 95.5 Å². The molecule has 6 nitrogen and oxygen atoms in total. The molecule has 0 saturated heterocycles. The quantitative estimate of drug-likeness (QED) is 0.446. The van der Waals surface area contributed by atoms with Gasteiger partial charge in [-0.25, -0.2) is 4.79 Å². The predicted molar refractivity (Wildman–Crippen MR) is 58.7 cm³/mol. The molecule has 1 amide bonds. The van der Waals surface area contributed by atoms with Gasteiger partial charge in [0.2, 0.25) is 5.91 Å². The van der Waals surface area contributed by atoms with E-state index < -0.39 is 12.0 Å². The zero-order valence-corrected chi connectivity index (χ0v) is 9.99. The average molecular weight is 232 g/mol. The Morgan fingerprint density at radius 2 is 2.00 bits per heavy atom. The first-order chi connectivity index (χ1) is 7.52. The molecule has 0 fully saturated rings. The summed E-state index contributed by atoms with van der Waals surface area (Å²) >= 11 is 0. The average Bonchev–Trinajstić information content (AvgIpc) is 2.25. The number of carbonyl (C=O) groups is 2. The third-order valence-electron chi connectivity index (χ3n) is 1.93. The van der Waals surface area contributed by atoms with Crippen LogP contribution in [0.2, 0.25) is 0 Å². The number of esters is 1. The van der Waals surface area contributed by atoms with Gasteiger partial charge in [-0.05, 0) is 5.92 Å². The van der Waals surface area contributed by atoms with E-state index in [0.29, 0.717) is 13.2 Å². The van der Waals surface area contributed by atoms with Crippen molar-refractivity contribution in [1.29, 1.82) is 0 Å². The van der Waals surface area contributed by atoms with Crippen molar-refractivity contribution in [2.24, 2.45) is 11.7 Å². The minimum atomic E-state index is -0.640. The fraction of sp³-hybridized carbons (Fsp3) is 0.800. The molecular formula is C10H20N2O4. The summed E-state index contributed by atoms with van der Waals surface area (Å²) in [7, 11) is 1.29. The molecule has 0 aromatic heterocycles. The second-order valence-electron chi connectivity index (χ2n) is 3.65. The van der Waals surface area contributed by atoms with E-state index in [1.165, 1.54) is 7.11 Å². The van der Waals surface area contributed by atoms with Gasteiger partial charge in [-0.1, -0.05) is 13.8 Å². The van der Waals surface area contributed by atoms with Crippen molar-refractivity contribution in [1.82, 2.24) is 5.32 Å². The summed E-state index contributed by atoms with van der Waals surface area (Å²) in [6, 6.07) is -0.640. The van der Waals surface area contributed by atoms with Crippen molar-refractivity contribution < 1.29 is 19.1 Å². The second-order valence-corrected chi connectivity index (χ2v) is 3.65. The highest BCUT2D eigenvalue weighted by atomic mass is 16.5. The Morgan fingerprint density at radius 1 is 1.38 bits per heavy atom. The van der Waals surface area contributed by atoms with Crippen LogP contribution < -0.4 is 11.1 Å². The summed E-state index contributed by atoms with van der Waals surface area (Å²) < 4.78 is 9.54. The number of ether oxygens (including phenoxy) is 2. The van der Waals surface area contributed by atoms with Crippen molar-refractivity contribution in [3.63, 3.8) is 0 Å². The lowest BCUT2D eigenvalue weighted by Gasteiger charge is -2.19. The molecule has 0 rings (SSSR count). The molecule has 0 spiro atoms. The molecule has 0 aliphatic heterocycles. The molecule has 3 N–H and O–H groups in total. The number of rotatable bonds is 7. The predicted octanol–water partition coefficient (Wildman–Crippen LogP) is -0.724. The summed E-state index contributed by atoms with van der Waals surface area (Å²) in [6.45, 7) is 4.22. The summed E-state index contributed by atoms with van der Waals surface area (Å²) in [5.74, 6) is -0.842. The SMILES string of the molecule is COC(=O)[C@@H](NC(=O)COCCN)C(C)C. The van der Waals surface area contributed by atoms with Crippen LogP contribution in [0.15, 0.2) is 0 Å². The Bertz CT molecular complexity index is 231. The van der Waals surface area contributed by atoms with Crippen LogP contribution in [0.4, 0.5) is 0 Å². The summed E-state index contributed by atoms with van der Waals surface area (Å²) in [5, 5.41) is 2.55. The first kappa shape index (κ1) is 14.9. The highest BCUT2D eigenvalue weighted by Gasteiger charge is 2.24. The fourth-order valence-corrected chi connectivity index (χ4v) is 1.09. The third-order valence-corrected chi connectivity index (χ3v) is 1.93. The minimum Gasteiger partial charge on any atom is -0.467 e. The van der Waals surface area contributed by atoms with E-state index in [9.17, 15) is 9.59 Å². The van der Waals surface area contributed by atoms with Crippen molar-refractivity contribution in [2.75, 3.05) is 26.9 Å². The van der Waals surface area contributed by atoms with Gasteiger partial charge in [0.05, 0.1) is 13.7 Å². The van der Waals surface area contributed by atoms with Crippen LogP contribution in [0.3, 0.4) is 0 Å². The van der Waals surface area contributed by atoms with Crippen molar-refractivity contribution in [2.45, 2.75) is 19.9 Å². The van der Waals surface area contributed by atoms with E-state index in [1.807, 2.05) is 13.8 Å². The smallest absolute Gasteiger partial charge is 0.328 e. The molecule has 6 heteroatoms. The van der Waals surface area contributed by atoms with Gasteiger partial charge in [-0.15, -0.1) is 0 Å². The van der Waals surface area contributed by atoms with Gasteiger partial charge in [0, 0.05) is 6.54 Å². The van der Waals surface area contributed by atoms with Crippen molar-refractivity contribution in [3.05, 3.63) is 0 Å². The Morgan fingerprint density at radius 3 is 2.44 bits per heavy atom. The molecule has 0 unspecified atom stereocenters. The third kappa shape index (κ3) is 5.67. The normalized spacial score (nSPS) is 12.3. The Kier molecular flexibility index (Phi) is 7.49. The number of carbonyl (C=O) groups excluding carboxylic acids is 2. The zero-order valence-electron chi connectivity index (χ0n) is 9.99. The molecule has 0 radical (unpaired) electrons. The first-order valence-electron chi connectivity index (χ1n) is 5.18. The van der Waals surface area contributed by atoms with Gasteiger partial charge in [-0.3, -0.25) is 4.79 Å².